The van der Waals surface area contributed by atoms with E-state index >= 15 is 0 Å². The van der Waals surface area contributed by atoms with Crippen molar-refractivity contribution in [2.45, 2.75) is 0 Å². The van der Waals surface area contributed by atoms with Crippen LogP contribution in [-0.2, 0) is 4.79 Å². The van der Waals surface area contributed by atoms with Gasteiger partial charge in [0, 0.05) is 29.6 Å². The van der Waals surface area contributed by atoms with Gasteiger partial charge in [0.15, 0.2) is 5.78 Å². The van der Waals surface area contributed by atoms with E-state index in [0.29, 0.717) is 33.8 Å². The second-order valence-electron chi connectivity index (χ2n) is 6.09. The SMILES string of the molecule is CN(C)CCNCC(=O)Nc1csc2c1C(=O)c1ccccc1C2=O. The van der Waals surface area contributed by atoms with Crippen molar-refractivity contribution < 1.29 is 14.4 Å². The monoisotopic (exact) mass is 357 g/mol. The molecule has 7 heteroatoms. The highest BCUT2D eigenvalue weighted by molar-refractivity contribution is 7.13. The number of anilines is 1. The molecule has 6 nitrogen and oxygen atoms in total. The number of benzene rings is 1. The maximum Gasteiger partial charge on any atom is 0.238 e. The lowest BCUT2D eigenvalue weighted by Crippen LogP contribution is -2.33. The number of carbonyl (C=O) groups is 3. The predicted octanol–water partition coefficient (Wildman–Crippen LogP) is 1.61. The molecule has 1 aliphatic rings. The molecular weight excluding hydrogens is 338 g/mol. The smallest absolute Gasteiger partial charge is 0.238 e. The minimum absolute atomic E-state index is 0.150. The molecule has 130 valence electrons. The molecule has 0 saturated carbocycles. The molecule has 2 aromatic rings. The highest BCUT2D eigenvalue weighted by Gasteiger charge is 2.33. The Balaban J connectivity index is 1.74. The summed E-state index contributed by atoms with van der Waals surface area (Å²) < 4.78 is 0. The number of hydrogen-bond acceptors (Lipinski definition) is 6. The van der Waals surface area contributed by atoms with Gasteiger partial charge in [-0.2, -0.15) is 0 Å². The minimum Gasteiger partial charge on any atom is -0.324 e. The topological polar surface area (TPSA) is 78.5 Å². The fourth-order valence-electron chi connectivity index (χ4n) is 2.68. The van der Waals surface area contributed by atoms with Crippen molar-refractivity contribution in [2.24, 2.45) is 0 Å². The molecule has 3 rings (SSSR count). The zero-order valence-corrected chi connectivity index (χ0v) is 14.9. The maximum atomic E-state index is 12.7. The number of amides is 1. The van der Waals surface area contributed by atoms with Gasteiger partial charge >= 0.3 is 0 Å². The average Bonchev–Trinajstić information content (AvgIpc) is 3.00. The number of nitrogens with one attached hydrogen (secondary N) is 2. The number of ketones is 2. The van der Waals surface area contributed by atoms with Gasteiger partial charge in [-0.1, -0.05) is 24.3 Å². The lowest BCUT2D eigenvalue weighted by molar-refractivity contribution is -0.115. The normalized spacial score (nSPS) is 12.9. The van der Waals surface area contributed by atoms with Crippen LogP contribution in [-0.4, -0.2) is 56.1 Å². The predicted molar refractivity (Wildman–Crippen MR) is 97.7 cm³/mol. The first-order chi connectivity index (χ1) is 12.0. The molecule has 25 heavy (non-hydrogen) atoms. The Kier molecular flexibility index (Phi) is 5.08. The highest BCUT2D eigenvalue weighted by Crippen LogP contribution is 2.36. The molecule has 0 spiro atoms. The summed E-state index contributed by atoms with van der Waals surface area (Å²) in [6.45, 7) is 1.66. The van der Waals surface area contributed by atoms with Crippen LogP contribution in [0, 0.1) is 0 Å². The summed E-state index contributed by atoms with van der Waals surface area (Å²) in [6.07, 6.45) is 0. The van der Waals surface area contributed by atoms with E-state index in [0.717, 1.165) is 6.54 Å². The Labute approximate surface area is 149 Å². The largest absolute Gasteiger partial charge is 0.324 e. The average molecular weight is 357 g/mol. The second kappa shape index (κ2) is 7.26. The molecule has 2 N–H and O–H groups in total. The van der Waals surface area contributed by atoms with E-state index in [2.05, 4.69) is 10.6 Å². The quantitative estimate of drug-likeness (QED) is 0.656. The van der Waals surface area contributed by atoms with Crippen LogP contribution in [0.4, 0.5) is 5.69 Å². The standard InChI is InChI=1S/C18H19N3O3S/c1-21(2)8-7-19-9-14(22)20-13-10-25-18-15(13)16(23)11-5-3-4-6-12(11)17(18)24/h3-6,10,19H,7-9H2,1-2H3,(H,20,22). The fraction of sp³-hybridized carbons (Fsp3) is 0.278. The summed E-state index contributed by atoms with van der Waals surface area (Å²) in [7, 11) is 3.92. The molecule has 0 fully saturated rings. The lowest BCUT2D eigenvalue weighted by Gasteiger charge is -2.15. The lowest BCUT2D eigenvalue weighted by atomic mass is 9.88. The molecule has 0 unspecified atom stereocenters. The number of likely N-dealkylation sites (N-methyl/N-ethyl adjacent to an activating group) is 1. The van der Waals surface area contributed by atoms with Crippen molar-refractivity contribution in [1.82, 2.24) is 10.2 Å². The van der Waals surface area contributed by atoms with Crippen molar-refractivity contribution in [3.63, 3.8) is 0 Å². The van der Waals surface area contributed by atoms with E-state index in [4.69, 9.17) is 0 Å². The molecule has 0 radical (unpaired) electrons. The van der Waals surface area contributed by atoms with Crippen molar-refractivity contribution >= 4 is 34.5 Å². The summed E-state index contributed by atoms with van der Waals surface area (Å²) in [5.74, 6) is -0.624. The van der Waals surface area contributed by atoms with E-state index in [1.54, 1.807) is 29.6 Å². The molecule has 0 atom stereocenters. The molecule has 1 aliphatic carbocycles. The van der Waals surface area contributed by atoms with Gasteiger partial charge < -0.3 is 15.5 Å². The number of rotatable bonds is 6. The fourth-order valence-corrected chi connectivity index (χ4v) is 3.63. The Hall–Kier alpha value is -2.35. The summed E-state index contributed by atoms with van der Waals surface area (Å²) in [5, 5.41) is 7.44. The van der Waals surface area contributed by atoms with Crippen LogP contribution < -0.4 is 10.6 Å². The third-order valence-electron chi connectivity index (χ3n) is 3.94. The Morgan fingerprint density at radius 1 is 1.12 bits per heavy atom. The first-order valence-electron chi connectivity index (χ1n) is 7.94. The Morgan fingerprint density at radius 3 is 2.48 bits per heavy atom. The van der Waals surface area contributed by atoms with Crippen molar-refractivity contribution in [3.8, 4) is 0 Å². The minimum atomic E-state index is -0.238. The van der Waals surface area contributed by atoms with Crippen LogP contribution in [0.15, 0.2) is 29.6 Å². The molecule has 1 amide bonds. The van der Waals surface area contributed by atoms with E-state index in [9.17, 15) is 14.4 Å². The van der Waals surface area contributed by atoms with Crippen LogP contribution in [0.2, 0.25) is 0 Å². The summed E-state index contributed by atoms with van der Waals surface area (Å²) >= 11 is 1.19. The van der Waals surface area contributed by atoms with Gasteiger partial charge in [0.05, 0.1) is 22.7 Å². The van der Waals surface area contributed by atoms with Gasteiger partial charge in [-0.3, -0.25) is 14.4 Å². The van der Waals surface area contributed by atoms with Crippen LogP contribution in [0.1, 0.15) is 31.2 Å². The molecule has 1 aromatic carbocycles. The zero-order valence-electron chi connectivity index (χ0n) is 14.1. The zero-order chi connectivity index (χ0) is 18.0. The van der Waals surface area contributed by atoms with Gasteiger partial charge in [0.2, 0.25) is 11.7 Å². The first kappa shape index (κ1) is 17.5. The van der Waals surface area contributed by atoms with Crippen LogP contribution in [0.25, 0.3) is 0 Å². The molecule has 1 heterocycles. The van der Waals surface area contributed by atoms with Gasteiger partial charge in [-0.05, 0) is 14.1 Å². The van der Waals surface area contributed by atoms with Gasteiger partial charge in [0.1, 0.15) is 0 Å². The third-order valence-corrected chi connectivity index (χ3v) is 4.91. The first-order valence-corrected chi connectivity index (χ1v) is 8.82. The number of nitrogens with zero attached hydrogens (tertiary/aromatic N) is 1. The Morgan fingerprint density at radius 2 is 1.80 bits per heavy atom. The van der Waals surface area contributed by atoms with Crippen LogP contribution in [0.3, 0.4) is 0 Å². The van der Waals surface area contributed by atoms with Crippen LogP contribution in [0.5, 0.6) is 0 Å². The number of thiophene rings is 1. The van der Waals surface area contributed by atoms with Crippen molar-refractivity contribution in [1.29, 1.82) is 0 Å². The van der Waals surface area contributed by atoms with E-state index < -0.39 is 0 Å². The molecule has 0 bridgehead atoms. The summed E-state index contributed by atoms with van der Waals surface area (Å²) in [6, 6.07) is 6.77. The summed E-state index contributed by atoms with van der Waals surface area (Å²) in [5.41, 5.74) is 1.52. The second-order valence-corrected chi connectivity index (χ2v) is 6.97. The molecule has 1 aromatic heterocycles. The van der Waals surface area contributed by atoms with E-state index in [1.165, 1.54) is 11.3 Å². The van der Waals surface area contributed by atoms with E-state index in [1.807, 2.05) is 19.0 Å². The molecule has 0 aliphatic heterocycles. The van der Waals surface area contributed by atoms with Gasteiger partial charge in [-0.25, -0.2) is 0 Å². The third kappa shape index (κ3) is 3.53. The van der Waals surface area contributed by atoms with Gasteiger partial charge in [0.25, 0.3) is 0 Å². The number of carbonyl (C=O) groups excluding carboxylic acids is 3. The summed E-state index contributed by atoms with van der Waals surface area (Å²) in [4.78, 5) is 39.8. The Bertz CT molecular complexity index is 842. The number of hydrogen-bond donors (Lipinski definition) is 2. The number of fused-ring (bicyclic) bond motifs is 2. The van der Waals surface area contributed by atoms with Crippen LogP contribution >= 0.6 is 11.3 Å². The highest BCUT2D eigenvalue weighted by atomic mass is 32.1. The maximum absolute atomic E-state index is 12.7. The molecule has 0 saturated heterocycles. The molecular formula is C18H19N3O3S. The van der Waals surface area contributed by atoms with Crippen molar-refractivity contribution in [3.05, 3.63) is 51.2 Å². The van der Waals surface area contributed by atoms with Gasteiger partial charge in [-0.15, -0.1) is 11.3 Å². The van der Waals surface area contributed by atoms with Crippen molar-refractivity contribution in [2.75, 3.05) is 39.0 Å². The van der Waals surface area contributed by atoms with E-state index in [-0.39, 0.29) is 24.0 Å².